The van der Waals surface area contributed by atoms with E-state index in [4.69, 9.17) is 0 Å². The Bertz CT molecular complexity index is 916. The quantitative estimate of drug-likeness (QED) is 0.832. The zero-order chi connectivity index (χ0) is 18.6. The molecule has 1 atom stereocenters. The average molecular weight is 348 g/mol. The first-order valence-corrected chi connectivity index (χ1v) is 9.14. The molecule has 0 radical (unpaired) electrons. The lowest BCUT2D eigenvalue weighted by atomic mass is 9.85. The van der Waals surface area contributed by atoms with Gasteiger partial charge in [0.05, 0.1) is 5.41 Å². The molecule has 0 fully saturated rings. The maximum atomic E-state index is 13.1. The molecule has 2 aliphatic rings. The van der Waals surface area contributed by atoms with Gasteiger partial charge in [0.1, 0.15) is 6.54 Å². The number of hydrogen-bond donors (Lipinski definition) is 0. The van der Waals surface area contributed by atoms with Gasteiger partial charge in [-0.15, -0.1) is 0 Å². The second kappa shape index (κ2) is 5.70. The summed E-state index contributed by atoms with van der Waals surface area (Å²) in [6, 6.07) is 14.2. The summed E-state index contributed by atoms with van der Waals surface area (Å²) in [5.41, 5.74) is 4.55. The first-order valence-electron chi connectivity index (χ1n) is 9.14. The predicted molar refractivity (Wildman–Crippen MR) is 104 cm³/mol. The van der Waals surface area contributed by atoms with Gasteiger partial charge in [0, 0.05) is 17.4 Å². The summed E-state index contributed by atoms with van der Waals surface area (Å²) in [7, 11) is 0. The van der Waals surface area contributed by atoms with E-state index < -0.39 is 5.41 Å². The van der Waals surface area contributed by atoms with Gasteiger partial charge in [0.2, 0.25) is 11.8 Å². The topological polar surface area (TPSA) is 40.6 Å². The van der Waals surface area contributed by atoms with E-state index in [1.165, 1.54) is 5.56 Å². The maximum absolute atomic E-state index is 13.1. The van der Waals surface area contributed by atoms with Gasteiger partial charge in [0.25, 0.3) is 0 Å². The molecular formula is C22H24N2O2. The van der Waals surface area contributed by atoms with E-state index in [1.54, 1.807) is 4.90 Å². The molecule has 4 rings (SSSR count). The van der Waals surface area contributed by atoms with E-state index in [2.05, 4.69) is 19.1 Å². The van der Waals surface area contributed by atoms with Crippen LogP contribution in [0.1, 0.15) is 37.5 Å². The summed E-state index contributed by atoms with van der Waals surface area (Å²) in [6.45, 7) is 8.04. The number of benzene rings is 2. The van der Waals surface area contributed by atoms with Crippen LogP contribution in [0.5, 0.6) is 0 Å². The molecule has 4 nitrogen and oxygen atoms in total. The van der Waals surface area contributed by atoms with Crippen LogP contribution in [-0.4, -0.2) is 24.4 Å². The number of nitrogens with zero attached hydrogens (tertiary/aromatic N) is 2. The molecule has 2 aromatic rings. The first-order chi connectivity index (χ1) is 12.3. The number of rotatable bonds is 2. The summed E-state index contributed by atoms with van der Waals surface area (Å²) >= 11 is 0. The molecular weight excluding hydrogens is 324 g/mol. The van der Waals surface area contributed by atoms with Gasteiger partial charge in [-0.2, -0.15) is 0 Å². The average Bonchev–Trinajstić information content (AvgIpc) is 3.02. The first kappa shape index (κ1) is 16.8. The molecule has 0 spiro atoms. The highest BCUT2D eigenvalue weighted by Gasteiger charge is 2.45. The van der Waals surface area contributed by atoms with Crippen LogP contribution >= 0.6 is 0 Å². The standard InChI is InChI=1S/C22H24N2O2/c1-14-9-10-19-17(11-14)22(3,4)21(26)23(19)13-20(25)24-15(2)12-16-7-5-6-8-18(16)24/h5-11,15H,12-13H2,1-4H3. The Morgan fingerprint density at radius 1 is 1.15 bits per heavy atom. The van der Waals surface area contributed by atoms with E-state index in [9.17, 15) is 9.59 Å². The molecule has 2 aliphatic heterocycles. The van der Waals surface area contributed by atoms with Gasteiger partial charge in [-0.1, -0.05) is 35.9 Å². The third-order valence-corrected chi connectivity index (χ3v) is 5.67. The van der Waals surface area contributed by atoms with Gasteiger partial charge in [0.15, 0.2) is 0 Å². The van der Waals surface area contributed by atoms with Crippen LogP contribution in [0.15, 0.2) is 42.5 Å². The molecule has 0 N–H and O–H groups in total. The fourth-order valence-corrected chi connectivity index (χ4v) is 4.26. The van der Waals surface area contributed by atoms with E-state index in [-0.39, 0.29) is 24.4 Å². The molecule has 26 heavy (non-hydrogen) atoms. The van der Waals surface area contributed by atoms with Crippen LogP contribution in [0.25, 0.3) is 0 Å². The predicted octanol–water partition coefficient (Wildman–Crippen LogP) is 3.60. The number of carbonyl (C=O) groups excluding carboxylic acids is 2. The maximum Gasteiger partial charge on any atom is 0.247 e. The highest BCUT2D eigenvalue weighted by molar-refractivity contribution is 6.12. The van der Waals surface area contributed by atoms with Crippen LogP contribution in [0.2, 0.25) is 0 Å². The number of fused-ring (bicyclic) bond motifs is 2. The summed E-state index contributed by atoms with van der Waals surface area (Å²) in [5, 5.41) is 0. The number of hydrogen-bond acceptors (Lipinski definition) is 2. The molecule has 0 bridgehead atoms. The van der Waals surface area contributed by atoms with Crippen molar-refractivity contribution in [2.45, 2.75) is 45.6 Å². The zero-order valence-electron chi connectivity index (χ0n) is 15.7. The summed E-state index contributed by atoms with van der Waals surface area (Å²) in [6.07, 6.45) is 0.858. The Hall–Kier alpha value is -2.62. The molecule has 0 saturated heterocycles. The number of anilines is 2. The van der Waals surface area contributed by atoms with Crippen molar-refractivity contribution in [2.75, 3.05) is 16.3 Å². The molecule has 0 aliphatic carbocycles. The van der Waals surface area contributed by atoms with Gasteiger partial charge in [-0.05, 0) is 57.4 Å². The summed E-state index contributed by atoms with van der Waals surface area (Å²) in [5.74, 6) is -0.0355. The second-order valence-corrected chi connectivity index (χ2v) is 7.98. The van der Waals surface area contributed by atoms with Gasteiger partial charge in [-0.3, -0.25) is 9.59 Å². The molecule has 1 unspecified atom stereocenters. The smallest absolute Gasteiger partial charge is 0.247 e. The molecule has 0 aromatic heterocycles. The highest BCUT2D eigenvalue weighted by atomic mass is 16.2. The second-order valence-electron chi connectivity index (χ2n) is 7.98. The Morgan fingerprint density at radius 3 is 2.65 bits per heavy atom. The van der Waals surface area contributed by atoms with Crippen LogP contribution < -0.4 is 9.80 Å². The van der Waals surface area contributed by atoms with Crippen molar-refractivity contribution in [2.24, 2.45) is 0 Å². The van der Waals surface area contributed by atoms with E-state index >= 15 is 0 Å². The lowest BCUT2D eigenvalue weighted by molar-refractivity contribution is -0.124. The van der Waals surface area contributed by atoms with Crippen molar-refractivity contribution in [1.29, 1.82) is 0 Å². The lowest BCUT2D eigenvalue weighted by Crippen LogP contribution is -2.46. The molecule has 0 saturated carbocycles. The monoisotopic (exact) mass is 348 g/mol. The lowest BCUT2D eigenvalue weighted by Gasteiger charge is -2.26. The van der Waals surface area contributed by atoms with E-state index in [1.807, 2.05) is 56.0 Å². The largest absolute Gasteiger partial charge is 0.307 e. The SMILES string of the molecule is Cc1ccc2c(c1)C(C)(C)C(=O)N2CC(=O)N1c2ccccc2CC1C. The van der Waals surface area contributed by atoms with Crippen molar-refractivity contribution in [3.05, 3.63) is 59.2 Å². The van der Waals surface area contributed by atoms with Crippen molar-refractivity contribution in [3.63, 3.8) is 0 Å². The van der Waals surface area contributed by atoms with Crippen molar-refractivity contribution in [3.8, 4) is 0 Å². The Morgan fingerprint density at radius 2 is 1.88 bits per heavy atom. The van der Waals surface area contributed by atoms with Crippen LogP contribution in [0.4, 0.5) is 11.4 Å². The third kappa shape index (κ3) is 2.36. The van der Waals surface area contributed by atoms with Crippen LogP contribution in [0, 0.1) is 6.92 Å². The van der Waals surface area contributed by atoms with Crippen molar-refractivity contribution in [1.82, 2.24) is 0 Å². The number of carbonyl (C=O) groups is 2. The molecule has 2 amide bonds. The summed E-state index contributed by atoms with van der Waals surface area (Å²) in [4.78, 5) is 29.7. The van der Waals surface area contributed by atoms with E-state index in [0.717, 1.165) is 28.9 Å². The molecule has 2 heterocycles. The van der Waals surface area contributed by atoms with Gasteiger partial charge >= 0.3 is 0 Å². The fraction of sp³-hybridized carbons (Fsp3) is 0.364. The Kier molecular flexibility index (Phi) is 3.69. The van der Waals surface area contributed by atoms with Crippen molar-refractivity contribution >= 4 is 23.2 Å². The Balaban J connectivity index is 1.66. The van der Waals surface area contributed by atoms with Crippen molar-refractivity contribution < 1.29 is 9.59 Å². The number of para-hydroxylation sites is 1. The summed E-state index contributed by atoms with van der Waals surface area (Å²) < 4.78 is 0. The highest BCUT2D eigenvalue weighted by Crippen LogP contribution is 2.42. The van der Waals surface area contributed by atoms with E-state index in [0.29, 0.717) is 0 Å². The third-order valence-electron chi connectivity index (χ3n) is 5.67. The minimum absolute atomic E-state index is 0.00779. The zero-order valence-corrected chi connectivity index (χ0v) is 15.7. The number of aryl methyl sites for hydroxylation is 1. The minimum atomic E-state index is -0.601. The normalized spacial score (nSPS) is 20.3. The number of amides is 2. The molecule has 2 aromatic carbocycles. The molecule has 4 heteroatoms. The van der Waals surface area contributed by atoms with Gasteiger partial charge in [-0.25, -0.2) is 0 Å². The Labute approximate surface area is 154 Å². The molecule has 134 valence electrons. The van der Waals surface area contributed by atoms with Gasteiger partial charge < -0.3 is 9.80 Å². The van der Waals surface area contributed by atoms with Crippen LogP contribution in [-0.2, 0) is 21.4 Å². The fourth-order valence-electron chi connectivity index (χ4n) is 4.26. The van der Waals surface area contributed by atoms with Crippen LogP contribution in [0.3, 0.4) is 0 Å². The minimum Gasteiger partial charge on any atom is -0.307 e.